The van der Waals surface area contributed by atoms with E-state index in [1.54, 1.807) is 36.1 Å². The lowest BCUT2D eigenvalue weighted by Gasteiger charge is -2.28. The van der Waals surface area contributed by atoms with Crippen molar-refractivity contribution in [2.45, 2.75) is 32.7 Å². The fraction of sp³-hybridized carbons (Fsp3) is 0.364. The van der Waals surface area contributed by atoms with Crippen LogP contribution in [0.5, 0.6) is 5.75 Å². The van der Waals surface area contributed by atoms with Gasteiger partial charge in [0.1, 0.15) is 11.8 Å². The maximum absolute atomic E-state index is 12.8. The van der Waals surface area contributed by atoms with Crippen molar-refractivity contribution in [1.29, 1.82) is 0 Å². The zero-order valence-electron chi connectivity index (χ0n) is 16.4. The Bertz CT molecular complexity index is 767. The molecule has 6 heteroatoms. The molecule has 150 valence electrons. The third-order valence-electron chi connectivity index (χ3n) is 4.36. The van der Waals surface area contributed by atoms with Crippen molar-refractivity contribution in [3.8, 4) is 5.75 Å². The van der Waals surface area contributed by atoms with Crippen LogP contribution in [0.3, 0.4) is 0 Å². The lowest BCUT2D eigenvalue weighted by Crippen LogP contribution is -2.50. The molecule has 0 aliphatic rings. The van der Waals surface area contributed by atoms with Gasteiger partial charge >= 0.3 is 0 Å². The summed E-state index contributed by atoms with van der Waals surface area (Å²) >= 11 is 5.95. The smallest absolute Gasteiger partial charge is 0.261 e. The van der Waals surface area contributed by atoms with E-state index in [4.69, 9.17) is 16.3 Å². The van der Waals surface area contributed by atoms with Gasteiger partial charge in [-0.3, -0.25) is 9.59 Å². The van der Waals surface area contributed by atoms with Gasteiger partial charge in [-0.05, 0) is 43.5 Å². The average molecular weight is 403 g/mol. The van der Waals surface area contributed by atoms with Crippen molar-refractivity contribution in [2.75, 3.05) is 19.7 Å². The van der Waals surface area contributed by atoms with Crippen LogP contribution < -0.4 is 10.1 Å². The number of halogens is 1. The van der Waals surface area contributed by atoms with Gasteiger partial charge in [0.05, 0.1) is 0 Å². The fourth-order valence-corrected chi connectivity index (χ4v) is 2.93. The maximum atomic E-state index is 12.8. The Balaban J connectivity index is 2.04. The number of nitrogens with zero attached hydrogens (tertiary/aromatic N) is 1. The van der Waals surface area contributed by atoms with Gasteiger partial charge in [0.25, 0.3) is 5.91 Å². The molecule has 0 saturated heterocycles. The Morgan fingerprint density at radius 3 is 2.57 bits per heavy atom. The van der Waals surface area contributed by atoms with Crippen LogP contribution >= 0.6 is 11.6 Å². The average Bonchev–Trinajstić information content (AvgIpc) is 2.71. The molecular weight excluding hydrogens is 376 g/mol. The molecule has 2 amide bonds. The lowest BCUT2D eigenvalue weighted by molar-refractivity contribution is -0.141. The Kier molecular flexibility index (Phi) is 8.82. The normalized spacial score (nSPS) is 11.5. The molecule has 0 aromatic heterocycles. The van der Waals surface area contributed by atoms with Crippen LogP contribution in [0, 0.1) is 0 Å². The molecule has 2 aromatic rings. The van der Waals surface area contributed by atoms with Crippen LogP contribution in [0.15, 0.2) is 54.6 Å². The summed E-state index contributed by atoms with van der Waals surface area (Å²) in [5.41, 5.74) is 1.11. The third kappa shape index (κ3) is 6.89. The molecule has 0 bridgehead atoms. The largest absolute Gasteiger partial charge is 0.484 e. The van der Waals surface area contributed by atoms with Crippen molar-refractivity contribution >= 4 is 23.4 Å². The highest BCUT2D eigenvalue weighted by atomic mass is 35.5. The summed E-state index contributed by atoms with van der Waals surface area (Å²) < 4.78 is 5.59. The quantitative estimate of drug-likeness (QED) is 0.659. The van der Waals surface area contributed by atoms with E-state index in [2.05, 4.69) is 5.32 Å². The number of carbonyl (C=O) groups is 2. The summed E-state index contributed by atoms with van der Waals surface area (Å²) in [6, 6.07) is 16.2. The number of rotatable bonds is 10. The van der Waals surface area contributed by atoms with Crippen molar-refractivity contribution in [3.63, 3.8) is 0 Å². The summed E-state index contributed by atoms with van der Waals surface area (Å²) in [5.74, 6) is 0.119. The van der Waals surface area contributed by atoms with Gasteiger partial charge in [-0.1, -0.05) is 54.9 Å². The fourth-order valence-electron chi connectivity index (χ4n) is 2.75. The molecule has 2 rings (SSSR count). The molecule has 28 heavy (non-hydrogen) atoms. The van der Waals surface area contributed by atoms with E-state index in [0.717, 1.165) is 12.0 Å². The van der Waals surface area contributed by atoms with Crippen molar-refractivity contribution in [3.05, 3.63) is 65.2 Å². The second-order valence-electron chi connectivity index (χ2n) is 6.54. The van der Waals surface area contributed by atoms with E-state index in [-0.39, 0.29) is 18.4 Å². The predicted octanol–water partition coefficient (Wildman–Crippen LogP) is 3.70. The van der Waals surface area contributed by atoms with E-state index in [9.17, 15) is 9.59 Å². The lowest BCUT2D eigenvalue weighted by atomic mass is 10.1. The zero-order valence-corrected chi connectivity index (χ0v) is 17.1. The summed E-state index contributed by atoms with van der Waals surface area (Å²) in [4.78, 5) is 26.8. The van der Waals surface area contributed by atoms with Gasteiger partial charge < -0.3 is 15.0 Å². The van der Waals surface area contributed by atoms with E-state index in [1.807, 2.05) is 37.3 Å². The van der Waals surface area contributed by atoms with Gasteiger partial charge in [0, 0.05) is 18.1 Å². The Hall–Kier alpha value is -2.53. The second kappa shape index (κ2) is 11.3. The molecule has 0 saturated carbocycles. The van der Waals surface area contributed by atoms with Gasteiger partial charge in [0.15, 0.2) is 6.61 Å². The highest BCUT2D eigenvalue weighted by Crippen LogP contribution is 2.17. The van der Waals surface area contributed by atoms with Crippen molar-refractivity contribution in [1.82, 2.24) is 10.2 Å². The summed E-state index contributed by atoms with van der Waals surface area (Å²) in [7, 11) is 0. The summed E-state index contributed by atoms with van der Waals surface area (Å²) in [6.45, 7) is 4.60. The molecule has 0 aliphatic carbocycles. The zero-order chi connectivity index (χ0) is 20.4. The van der Waals surface area contributed by atoms with Gasteiger partial charge in [0.2, 0.25) is 5.91 Å². The first-order chi connectivity index (χ1) is 13.5. The number of carbonyl (C=O) groups excluding carboxylic acids is 2. The highest BCUT2D eigenvalue weighted by molar-refractivity contribution is 6.30. The van der Waals surface area contributed by atoms with Gasteiger partial charge in [-0.2, -0.15) is 0 Å². The topological polar surface area (TPSA) is 58.6 Å². The number of hydrogen-bond acceptors (Lipinski definition) is 3. The number of benzene rings is 2. The van der Waals surface area contributed by atoms with Gasteiger partial charge in [-0.15, -0.1) is 0 Å². The standard InChI is InChI=1S/C22H27ClN2O3/c1-3-13-24-22(27)17(2)25(14-12-18-8-5-4-6-9-18)21(26)16-28-20-11-7-10-19(23)15-20/h4-11,15,17H,3,12-14,16H2,1-2H3,(H,24,27)/t17-/m0/s1. The van der Waals surface area contributed by atoms with Crippen LogP contribution in [0.1, 0.15) is 25.8 Å². The first-order valence-corrected chi connectivity index (χ1v) is 9.88. The molecule has 0 unspecified atom stereocenters. The van der Waals surface area contributed by atoms with E-state index in [0.29, 0.717) is 30.3 Å². The summed E-state index contributed by atoms with van der Waals surface area (Å²) in [5, 5.41) is 3.40. The number of amides is 2. The van der Waals surface area contributed by atoms with Crippen LogP contribution in [-0.2, 0) is 16.0 Å². The second-order valence-corrected chi connectivity index (χ2v) is 6.97. The monoisotopic (exact) mass is 402 g/mol. The highest BCUT2D eigenvalue weighted by Gasteiger charge is 2.25. The summed E-state index contributed by atoms with van der Waals surface area (Å²) in [6.07, 6.45) is 1.50. The molecule has 1 atom stereocenters. The molecule has 0 fully saturated rings. The van der Waals surface area contributed by atoms with E-state index >= 15 is 0 Å². The molecule has 5 nitrogen and oxygen atoms in total. The molecule has 0 aliphatic heterocycles. The minimum atomic E-state index is -0.578. The molecule has 1 N–H and O–H groups in total. The minimum absolute atomic E-state index is 0.152. The van der Waals surface area contributed by atoms with Crippen LogP contribution in [0.4, 0.5) is 0 Å². The molecule has 0 heterocycles. The van der Waals surface area contributed by atoms with Crippen LogP contribution in [0.2, 0.25) is 5.02 Å². The minimum Gasteiger partial charge on any atom is -0.484 e. The van der Waals surface area contributed by atoms with E-state index < -0.39 is 6.04 Å². The predicted molar refractivity (Wildman–Crippen MR) is 112 cm³/mol. The van der Waals surface area contributed by atoms with Crippen LogP contribution in [-0.4, -0.2) is 42.5 Å². The Morgan fingerprint density at radius 1 is 1.14 bits per heavy atom. The third-order valence-corrected chi connectivity index (χ3v) is 4.59. The molecule has 2 aromatic carbocycles. The SMILES string of the molecule is CCCNC(=O)[C@H](C)N(CCc1ccccc1)C(=O)COc1cccc(Cl)c1. The molecular formula is C22H27ClN2O3. The first-order valence-electron chi connectivity index (χ1n) is 9.50. The van der Waals surface area contributed by atoms with Gasteiger partial charge in [-0.25, -0.2) is 0 Å². The van der Waals surface area contributed by atoms with Crippen LogP contribution in [0.25, 0.3) is 0 Å². The Labute approximate surface area is 171 Å². The number of ether oxygens (including phenoxy) is 1. The molecule has 0 radical (unpaired) electrons. The Morgan fingerprint density at radius 2 is 1.89 bits per heavy atom. The first kappa shape index (κ1) is 21.8. The maximum Gasteiger partial charge on any atom is 0.261 e. The number of hydrogen-bond donors (Lipinski definition) is 1. The van der Waals surface area contributed by atoms with E-state index in [1.165, 1.54) is 0 Å². The molecule has 0 spiro atoms. The van der Waals surface area contributed by atoms with Crippen molar-refractivity contribution < 1.29 is 14.3 Å². The van der Waals surface area contributed by atoms with Crippen molar-refractivity contribution in [2.24, 2.45) is 0 Å². The number of nitrogens with one attached hydrogen (secondary N) is 1.